The predicted molar refractivity (Wildman–Crippen MR) is 88.5 cm³/mol. The molecular weight excluding hydrogens is 291 g/mol. The van der Waals surface area contributed by atoms with E-state index in [1.807, 2.05) is 6.07 Å². The Bertz CT molecular complexity index is 539. The summed E-state index contributed by atoms with van der Waals surface area (Å²) in [6, 6.07) is 7.02. The average molecular weight is 318 g/mol. The van der Waals surface area contributed by atoms with Crippen molar-refractivity contribution in [1.82, 2.24) is 0 Å². The molecule has 1 aromatic rings. The molecule has 0 bridgehead atoms. The zero-order valence-corrected chi connectivity index (χ0v) is 14.9. The molecule has 0 amide bonds. The van der Waals surface area contributed by atoms with Gasteiger partial charge in [-0.3, -0.25) is 0 Å². The van der Waals surface area contributed by atoms with Crippen LogP contribution in [0, 0.1) is 6.92 Å². The minimum atomic E-state index is -3.70. The predicted octanol–water partition coefficient (Wildman–Crippen LogP) is 4.25. The van der Waals surface area contributed by atoms with Gasteiger partial charge in [-0.1, -0.05) is 0 Å². The first kappa shape index (κ1) is 17.6. The molecule has 0 aliphatic rings. The first-order valence-corrected chi connectivity index (χ1v) is 11.6. The van der Waals surface area contributed by atoms with E-state index >= 15 is 0 Å². The summed E-state index contributed by atoms with van der Waals surface area (Å²) < 4.78 is 31.4. The van der Waals surface area contributed by atoms with Gasteiger partial charge in [-0.15, -0.1) is 0 Å². The normalized spacial score (nSPS) is 14.8. The zero-order chi connectivity index (χ0) is 15.5. The van der Waals surface area contributed by atoms with Crippen molar-refractivity contribution in [3.8, 4) is 0 Å². The molecule has 20 heavy (non-hydrogen) atoms. The van der Waals surface area contributed by atoms with Crippen LogP contribution in [0.15, 0.2) is 29.2 Å². The van der Waals surface area contributed by atoms with Gasteiger partial charge in [0.05, 0.1) is 0 Å². The fourth-order valence-corrected chi connectivity index (χ4v) is 10.3. The fourth-order valence-electron chi connectivity index (χ4n) is 2.71. The van der Waals surface area contributed by atoms with Crippen LogP contribution in [0.3, 0.4) is 0 Å². The molecule has 0 atom stereocenters. The molecule has 3 nitrogen and oxygen atoms in total. The van der Waals surface area contributed by atoms with Gasteiger partial charge in [0.25, 0.3) is 0 Å². The number of hydrogen-bond donors (Lipinski definition) is 0. The van der Waals surface area contributed by atoms with Gasteiger partial charge in [-0.05, 0) is 0 Å². The first-order chi connectivity index (χ1) is 9.28. The molecule has 1 rings (SSSR count). The second-order valence-corrected chi connectivity index (χ2v) is 13.6. The SMILES string of the molecule is CCP(CC)(CC)(CC)OS(=O)(=O)c1ccccc1C. The van der Waals surface area contributed by atoms with E-state index in [4.69, 9.17) is 3.97 Å². The van der Waals surface area contributed by atoms with Crippen molar-refractivity contribution in [2.75, 3.05) is 24.6 Å². The van der Waals surface area contributed by atoms with Gasteiger partial charge in [-0.25, -0.2) is 0 Å². The Labute approximate surface area is 123 Å². The molecule has 0 aliphatic heterocycles. The third-order valence-electron chi connectivity index (χ3n) is 4.87. The fraction of sp³-hybridized carbons (Fsp3) is 0.600. The van der Waals surface area contributed by atoms with Crippen molar-refractivity contribution in [3.63, 3.8) is 0 Å². The summed E-state index contributed by atoms with van der Waals surface area (Å²) in [5.41, 5.74) is 0.739. The molecule has 0 aliphatic carbocycles. The van der Waals surface area contributed by atoms with Gasteiger partial charge < -0.3 is 0 Å². The van der Waals surface area contributed by atoms with Gasteiger partial charge in [-0.2, -0.15) is 0 Å². The third kappa shape index (κ3) is 3.08. The summed E-state index contributed by atoms with van der Waals surface area (Å²) >= 11 is 0. The zero-order valence-electron chi connectivity index (χ0n) is 13.2. The maximum atomic E-state index is 12.7. The summed E-state index contributed by atoms with van der Waals surface area (Å²) in [6.45, 7) is 7.38. The Morgan fingerprint density at radius 1 is 0.950 bits per heavy atom. The first-order valence-electron chi connectivity index (χ1n) is 7.31. The van der Waals surface area contributed by atoms with Crippen molar-refractivity contribution >= 4 is 16.9 Å². The Kier molecular flexibility index (Phi) is 5.40. The van der Waals surface area contributed by atoms with Crippen LogP contribution < -0.4 is 0 Å². The molecule has 0 unspecified atom stereocenters. The Morgan fingerprint density at radius 3 is 1.80 bits per heavy atom. The molecule has 0 radical (unpaired) electrons. The number of hydrogen-bond acceptors (Lipinski definition) is 3. The number of aryl methyl sites for hydroxylation is 1. The average Bonchev–Trinajstić information content (AvgIpc) is 2.46. The van der Waals surface area contributed by atoms with E-state index < -0.39 is 16.9 Å². The monoisotopic (exact) mass is 318 g/mol. The van der Waals surface area contributed by atoms with Gasteiger partial charge in [0.1, 0.15) is 0 Å². The Morgan fingerprint density at radius 2 is 1.40 bits per heavy atom. The van der Waals surface area contributed by atoms with E-state index in [9.17, 15) is 8.42 Å². The van der Waals surface area contributed by atoms with Crippen LogP contribution in [0.2, 0.25) is 0 Å². The molecule has 5 heteroatoms. The molecule has 0 spiro atoms. The van der Waals surface area contributed by atoms with Crippen molar-refractivity contribution in [1.29, 1.82) is 0 Å². The number of rotatable bonds is 7. The number of benzene rings is 1. The Hall–Kier alpha value is -0.440. The summed E-state index contributed by atoms with van der Waals surface area (Å²) in [5, 5.41) is 0. The van der Waals surface area contributed by atoms with Gasteiger partial charge in [0, 0.05) is 0 Å². The second-order valence-electron chi connectivity index (χ2n) is 5.42. The molecule has 0 N–H and O–H groups in total. The van der Waals surface area contributed by atoms with Crippen LogP contribution in [0.25, 0.3) is 0 Å². The van der Waals surface area contributed by atoms with Gasteiger partial charge in [0.15, 0.2) is 0 Å². The third-order valence-corrected chi connectivity index (χ3v) is 14.7. The van der Waals surface area contributed by atoms with Gasteiger partial charge >= 0.3 is 123 Å². The van der Waals surface area contributed by atoms with E-state index in [-0.39, 0.29) is 0 Å². The molecule has 0 heterocycles. The van der Waals surface area contributed by atoms with Crippen molar-refractivity contribution in [3.05, 3.63) is 29.8 Å². The van der Waals surface area contributed by atoms with Crippen molar-refractivity contribution < 1.29 is 12.4 Å². The van der Waals surface area contributed by atoms with E-state index in [0.717, 1.165) is 30.2 Å². The topological polar surface area (TPSA) is 43.4 Å². The van der Waals surface area contributed by atoms with Crippen LogP contribution in [0.1, 0.15) is 33.3 Å². The van der Waals surface area contributed by atoms with Crippen LogP contribution in [0.5, 0.6) is 0 Å². The van der Waals surface area contributed by atoms with Crippen LogP contribution in [-0.2, 0) is 14.1 Å². The molecule has 0 fully saturated rings. The second kappa shape index (κ2) is 6.13. The van der Waals surface area contributed by atoms with Crippen molar-refractivity contribution in [2.24, 2.45) is 0 Å². The van der Waals surface area contributed by atoms with Crippen LogP contribution in [0.4, 0.5) is 0 Å². The molecule has 0 aromatic heterocycles. The maximum absolute atomic E-state index is 12.7. The Balaban J connectivity index is 3.35. The van der Waals surface area contributed by atoms with E-state index in [2.05, 4.69) is 27.7 Å². The van der Waals surface area contributed by atoms with E-state index in [1.165, 1.54) is 0 Å². The molecule has 0 saturated carbocycles. The quantitative estimate of drug-likeness (QED) is 0.706. The molecular formula is C15H27O3PS. The van der Waals surface area contributed by atoms with Crippen LogP contribution >= 0.6 is 6.83 Å². The standard InChI is InChI=1S/C15H27O3PS/c1-6-19(7-2,8-3,9-4)18-20(16,17)15-13-11-10-12-14(15)5/h10-13H,6-9H2,1-5H3. The summed E-state index contributed by atoms with van der Waals surface area (Å²) in [4.78, 5) is 0.304. The molecule has 116 valence electrons. The molecule has 1 aromatic carbocycles. The van der Waals surface area contributed by atoms with Gasteiger partial charge in [0.2, 0.25) is 0 Å². The van der Waals surface area contributed by atoms with E-state index in [1.54, 1.807) is 25.1 Å². The summed E-state index contributed by atoms with van der Waals surface area (Å²) in [6.07, 6.45) is 3.22. The molecule has 0 saturated heterocycles. The van der Waals surface area contributed by atoms with E-state index in [0.29, 0.717) is 4.90 Å². The minimum absolute atomic E-state index is 0.304. The van der Waals surface area contributed by atoms with Crippen LogP contribution in [-0.4, -0.2) is 33.1 Å². The summed E-state index contributed by atoms with van der Waals surface area (Å²) in [5.74, 6) is 0. The summed E-state index contributed by atoms with van der Waals surface area (Å²) in [7, 11) is -3.70. The van der Waals surface area contributed by atoms with Crippen molar-refractivity contribution in [2.45, 2.75) is 39.5 Å².